The molecule has 6 heteroatoms. The van der Waals surface area contributed by atoms with E-state index in [0.29, 0.717) is 5.69 Å². The molecule has 2 heterocycles. The lowest BCUT2D eigenvalue weighted by Gasteiger charge is -2.04. The lowest BCUT2D eigenvalue weighted by molar-refractivity contribution is 0.439. The van der Waals surface area contributed by atoms with Gasteiger partial charge in [0.15, 0.2) is 0 Å². The van der Waals surface area contributed by atoms with Gasteiger partial charge in [-0.2, -0.15) is 0 Å². The fourth-order valence-corrected chi connectivity index (χ4v) is 2.33. The molecule has 3 aromatic rings. The SMILES string of the molecule is Nc1onc(-c2cncnc2)c1-c1ccccc1Br. The molecule has 0 aliphatic carbocycles. The molecule has 0 aliphatic rings. The third-order valence-corrected chi connectivity index (χ3v) is 3.39. The van der Waals surface area contributed by atoms with Gasteiger partial charge in [0.2, 0.25) is 5.88 Å². The predicted octanol–water partition coefficient (Wildman–Crippen LogP) is 3.14. The van der Waals surface area contributed by atoms with Crippen molar-refractivity contribution in [1.82, 2.24) is 15.1 Å². The Balaban J connectivity index is 2.23. The summed E-state index contributed by atoms with van der Waals surface area (Å²) in [6.07, 6.45) is 4.81. The van der Waals surface area contributed by atoms with Gasteiger partial charge in [0, 0.05) is 28.0 Å². The Labute approximate surface area is 117 Å². The molecule has 2 N–H and O–H groups in total. The van der Waals surface area contributed by atoms with Crippen LogP contribution in [-0.4, -0.2) is 15.1 Å². The Morgan fingerprint density at radius 1 is 1.11 bits per heavy atom. The summed E-state index contributed by atoms with van der Waals surface area (Å²) in [7, 11) is 0. The molecule has 0 saturated heterocycles. The first-order valence-electron chi connectivity index (χ1n) is 5.53. The van der Waals surface area contributed by atoms with Crippen molar-refractivity contribution in [2.75, 3.05) is 5.73 Å². The van der Waals surface area contributed by atoms with Crippen molar-refractivity contribution in [3.05, 3.63) is 47.5 Å². The molecule has 0 unspecified atom stereocenters. The number of aromatic nitrogens is 3. The molecule has 0 radical (unpaired) electrons. The number of anilines is 1. The van der Waals surface area contributed by atoms with E-state index in [0.717, 1.165) is 21.2 Å². The van der Waals surface area contributed by atoms with Gasteiger partial charge < -0.3 is 10.3 Å². The Morgan fingerprint density at radius 2 is 1.84 bits per heavy atom. The molecule has 1 aromatic carbocycles. The van der Waals surface area contributed by atoms with Crippen LogP contribution in [0.4, 0.5) is 5.88 Å². The lowest BCUT2D eigenvalue weighted by Crippen LogP contribution is -1.89. The van der Waals surface area contributed by atoms with Crippen molar-refractivity contribution in [2.45, 2.75) is 0 Å². The van der Waals surface area contributed by atoms with Crippen LogP contribution in [0.15, 0.2) is 52.0 Å². The minimum Gasteiger partial charge on any atom is -0.367 e. The summed E-state index contributed by atoms with van der Waals surface area (Å²) < 4.78 is 6.03. The van der Waals surface area contributed by atoms with Gasteiger partial charge in [-0.25, -0.2) is 9.97 Å². The summed E-state index contributed by atoms with van der Waals surface area (Å²) in [5, 5.41) is 4.00. The Hall–Kier alpha value is -2.21. The van der Waals surface area contributed by atoms with E-state index >= 15 is 0 Å². The van der Waals surface area contributed by atoms with E-state index in [9.17, 15) is 0 Å². The molecule has 0 spiro atoms. The standard InChI is InChI=1S/C13H9BrN4O/c14-10-4-2-1-3-9(10)11-12(18-19-13(11)15)8-5-16-7-17-6-8/h1-7H,15H2. The minimum absolute atomic E-state index is 0.269. The monoisotopic (exact) mass is 316 g/mol. The third kappa shape index (κ3) is 2.10. The molecule has 0 amide bonds. The molecule has 3 rings (SSSR count). The molecule has 2 aromatic heterocycles. The van der Waals surface area contributed by atoms with Crippen molar-refractivity contribution >= 4 is 21.8 Å². The molecule has 0 aliphatic heterocycles. The van der Waals surface area contributed by atoms with E-state index in [1.165, 1.54) is 6.33 Å². The van der Waals surface area contributed by atoms with Crippen LogP contribution in [0.3, 0.4) is 0 Å². The maximum Gasteiger partial charge on any atom is 0.230 e. The van der Waals surface area contributed by atoms with Crippen LogP contribution in [0.1, 0.15) is 0 Å². The first-order chi connectivity index (χ1) is 9.27. The van der Waals surface area contributed by atoms with Gasteiger partial charge in [0.1, 0.15) is 12.0 Å². The number of nitrogens with zero attached hydrogens (tertiary/aromatic N) is 3. The van der Waals surface area contributed by atoms with Crippen molar-refractivity contribution in [2.24, 2.45) is 0 Å². The van der Waals surface area contributed by atoms with Gasteiger partial charge in [-0.05, 0) is 6.07 Å². The van der Waals surface area contributed by atoms with E-state index in [4.69, 9.17) is 10.3 Å². The lowest BCUT2D eigenvalue weighted by atomic mass is 10.0. The summed E-state index contributed by atoms with van der Waals surface area (Å²) in [5.41, 5.74) is 8.93. The zero-order chi connectivity index (χ0) is 13.2. The molecular formula is C13H9BrN4O. The summed E-state index contributed by atoms with van der Waals surface area (Å²) in [4.78, 5) is 7.96. The first kappa shape index (κ1) is 11.9. The van der Waals surface area contributed by atoms with Crippen molar-refractivity contribution in [1.29, 1.82) is 0 Å². The molecule has 5 nitrogen and oxygen atoms in total. The number of benzene rings is 1. The largest absolute Gasteiger partial charge is 0.367 e. The van der Waals surface area contributed by atoms with E-state index in [-0.39, 0.29) is 5.88 Å². The highest BCUT2D eigenvalue weighted by Gasteiger charge is 2.19. The summed E-state index contributed by atoms with van der Waals surface area (Å²) in [6, 6.07) is 7.74. The second-order valence-corrected chi connectivity index (χ2v) is 4.73. The van der Waals surface area contributed by atoms with Crippen LogP contribution >= 0.6 is 15.9 Å². The summed E-state index contributed by atoms with van der Waals surface area (Å²) in [5.74, 6) is 0.269. The van der Waals surface area contributed by atoms with Gasteiger partial charge in [-0.15, -0.1) is 0 Å². The molecule has 0 bridgehead atoms. The van der Waals surface area contributed by atoms with Crippen LogP contribution in [0, 0.1) is 0 Å². The highest BCUT2D eigenvalue weighted by Crippen LogP contribution is 2.38. The zero-order valence-electron chi connectivity index (χ0n) is 9.75. The highest BCUT2D eigenvalue weighted by atomic mass is 79.9. The van der Waals surface area contributed by atoms with Crippen molar-refractivity contribution < 1.29 is 4.52 Å². The van der Waals surface area contributed by atoms with Gasteiger partial charge in [-0.3, -0.25) is 0 Å². The zero-order valence-corrected chi connectivity index (χ0v) is 11.3. The molecular weight excluding hydrogens is 308 g/mol. The number of nitrogen functional groups attached to an aromatic ring is 1. The Kier molecular flexibility index (Phi) is 3.00. The second-order valence-electron chi connectivity index (χ2n) is 3.88. The van der Waals surface area contributed by atoms with E-state index in [1.54, 1.807) is 12.4 Å². The maximum atomic E-state index is 5.89. The molecule has 0 atom stereocenters. The molecule has 94 valence electrons. The van der Waals surface area contributed by atoms with Crippen molar-refractivity contribution in [3.63, 3.8) is 0 Å². The molecule has 19 heavy (non-hydrogen) atoms. The van der Waals surface area contributed by atoms with Crippen LogP contribution in [0.25, 0.3) is 22.4 Å². The van der Waals surface area contributed by atoms with Crippen LogP contribution in [0.5, 0.6) is 0 Å². The van der Waals surface area contributed by atoms with E-state index < -0.39 is 0 Å². The number of nitrogens with two attached hydrogens (primary N) is 1. The summed E-state index contributed by atoms with van der Waals surface area (Å²) >= 11 is 3.50. The van der Waals surface area contributed by atoms with Gasteiger partial charge in [-0.1, -0.05) is 39.3 Å². The van der Waals surface area contributed by atoms with Crippen LogP contribution < -0.4 is 5.73 Å². The third-order valence-electron chi connectivity index (χ3n) is 2.70. The number of halogens is 1. The fourth-order valence-electron chi connectivity index (χ4n) is 1.85. The van der Waals surface area contributed by atoms with E-state index in [2.05, 4.69) is 31.1 Å². The quantitative estimate of drug-likeness (QED) is 0.785. The maximum absolute atomic E-state index is 5.89. The number of hydrogen-bond donors (Lipinski definition) is 1. The summed E-state index contributed by atoms with van der Waals surface area (Å²) in [6.45, 7) is 0. The molecule has 0 fully saturated rings. The highest BCUT2D eigenvalue weighted by molar-refractivity contribution is 9.10. The van der Waals surface area contributed by atoms with Gasteiger partial charge in [0.25, 0.3) is 0 Å². The van der Waals surface area contributed by atoms with Crippen LogP contribution in [0.2, 0.25) is 0 Å². The minimum atomic E-state index is 0.269. The Morgan fingerprint density at radius 3 is 2.58 bits per heavy atom. The average molecular weight is 317 g/mol. The average Bonchev–Trinajstić information content (AvgIpc) is 2.82. The van der Waals surface area contributed by atoms with Gasteiger partial charge in [0.05, 0.1) is 5.56 Å². The first-order valence-corrected chi connectivity index (χ1v) is 6.32. The van der Waals surface area contributed by atoms with Gasteiger partial charge >= 0.3 is 0 Å². The van der Waals surface area contributed by atoms with Crippen molar-refractivity contribution in [3.8, 4) is 22.4 Å². The number of hydrogen-bond acceptors (Lipinski definition) is 5. The topological polar surface area (TPSA) is 77.8 Å². The van der Waals surface area contributed by atoms with E-state index in [1.807, 2.05) is 24.3 Å². The second kappa shape index (κ2) is 4.81. The number of rotatable bonds is 2. The smallest absolute Gasteiger partial charge is 0.230 e. The fraction of sp³-hybridized carbons (Fsp3) is 0. The van der Waals surface area contributed by atoms with Crippen LogP contribution in [-0.2, 0) is 0 Å². The Bertz CT molecular complexity index is 712. The normalized spacial score (nSPS) is 10.6. The predicted molar refractivity (Wildman–Crippen MR) is 75.1 cm³/mol. The molecule has 0 saturated carbocycles.